The highest BCUT2D eigenvalue weighted by atomic mass is 16.3. The fraction of sp³-hybridized carbons (Fsp3) is 0.500. The van der Waals surface area contributed by atoms with Crippen molar-refractivity contribution in [2.75, 3.05) is 28.6 Å². The predicted molar refractivity (Wildman–Crippen MR) is 126 cm³/mol. The van der Waals surface area contributed by atoms with E-state index in [1.807, 2.05) is 32.0 Å². The highest BCUT2D eigenvalue weighted by Gasteiger charge is 2.43. The molecule has 2 fully saturated rings. The van der Waals surface area contributed by atoms with Crippen LogP contribution in [-0.4, -0.2) is 49.3 Å². The van der Waals surface area contributed by atoms with E-state index in [4.69, 9.17) is 4.98 Å². The highest BCUT2D eigenvalue weighted by Crippen LogP contribution is 2.41. The number of nitrogens with one attached hydrogen (secondary N) is 2. The molecule has 2 atom stereocenters. The summed E-state index contributed by atoms with van der Waals surface area (Å²) in [7, 11) is 0. The molecule has 1 saturated heterocycles. The third kappa shape index (κ3) is 3.25. The minimum Gasteiger partial charge on any atom is -0.389 e. The van der Waals surface area contributed by atoms with Crippen LogP contribution in [0.4, 0.5) is 23.1 Å². The summed E-state index contributed by atoms with van der Waals surface area (Å²) in [6.45, 7) is 5.40. The maximum atomic E-state index is 12.2. The van der Waals surface area contributed by atoms with Gasteiger partial charge in [0.05, 0.1) is 11.0 Å². The normalized spacial score (nSPS) is 26.1. The third-order valence-electron chi connectivity index (χ3n) is 7.73. The lowest BCUT2D eigenvalue weighted by Crippen LogP contribution is -2.53. The van der Waals surface area contributed by atoms with Crippen LogP contribution in [0.15, 0.2) is 30.6 Å². The van der Waals surface area contributed by atoms with Gasteiger partial charge in [0.15, 0.2) is 11.5 Å². The van der Waals surface area contributed by atoms with Crippen molar-refractivity contribution in [3.8, 4) is 0 Å². The summed E-state index contributed by atoms with van der Waals surface area (Å²) in [5.41, 5.74) is 2.24. The van der Waals surface area contributed by atoms with E-state index in [9.17, 15) is 9.90 Å². The quantitative estimate of drug-likeness (QED) is 0.566. The molecule has 4 heterocycles. The average molecular weight is 448 g/mol. The molecule has 3 aliphatic rings. The van der Waals surface area contributed by atoms with Crippen LogP contribution in [-0.2, 0) is 10.2 Å². The summed E-state index contributed by atoms with van der Waals surface area (Å²) in [6.07, 6.45) is 8.55. The molecule has 0 bridgehead atoms. The Morgan fingerprint density at radius 3 is 3.00 bits per heavy atom. The van der Waals surface area contributed by atoms with Crippen molar-refractivity contribution in [1.82, 2.24) is 19.6 Å². The van der Waals surface area contributed by atoms with Crippen LogP contribution in [0.5, 0.6) is 0 Å². The van der Waals surface area contributed by atoms with Gasteiger partial charge in [-0.3, -0.25) is 4.79 Å². The number of anilines is 4. The van der Waals surface area contributed by atoms with E-state index in [-0.39, 0.29) is 11.8 Å². The van der Waals surface area contributed by atoms with Crippen LogP contribution in [0, 0.1) is 5.92 Å². The van der Waals surface area contributed by atoms with Gasteiger partial charge in [0.2, 0.25) is 11.9 Å². The van der Waals surface area contributed by atoms with E-state index in [0.29, 0.717) is 11.6 Å². The molecule has 6 rings (SSSR count). The molecule has 1 aromatic carbocycles. The number of carbonyl (C=O) groups is 1. The molecular weight excluding hydrogens is 418 g/mol. The molecule has 1 saturated carbocycles. The smallest absolute Gasteiger partial charge is 0.247 e. The first kappa shape index (κ1) is 20.4. The lowest BCUT2D eigenvalue weighted by molar-refractivity contribution is -0.119. The van der Waals surface area contributed by atoms with Crippen LogP contribution < -0.4 is 15.5 Å². The lowest BCUT2D eigenvalue weighted by Gasteiger charge is -2.47. The Balaban J connectivity index is 1.27. The Hall–Kier alpha value is -3.20. The molecule has 2 aliphatic heterocycles. The van der Waals surface area contributed by atoms with Crippen molar-refractivity contribution < 1.29 is 9.90 Å². The van der Waals surface area contributed by atoms with Gasteiger partial charge < -0.3 is 20.6 Å². The van der Waals surface area contributed by atoms with E-state index in [1.165, 1.54) is 6.42 Å². The zero-order chi connectivity index (χ0) is 22.8. The maximum absolute atomic E-state index is 12.2. The summed E-state index contributed by atoms with van der Waals surface area (Å²) < 4.78 is 1.74. The first-order valence-corrected chi connectivity index (χ1v) is 11.8. The predicted octanol–water partition coefficient (Wildman–Crippen LogP) is 3.23. The largest absolute Gasteiger partial charge is 0.389 e. The van der Waals surface area contributed by atoms with E-state index in [0.717, 1.165) is 61.5 Å². The fourth-order valence-electron chi connectivity index (χ4n) is 5.64. The number of hydrogen-bond acceptors (Lipinski definition) is 7. The second-order valence-electron chi connectivity index (χ2n) is 10.2. The van der Waals surface area contributed by atoms with Gasteiger partial charge >= 0.3 is 0 Å². The van der Waals surface area contributed by atoms with Crippen LogP contribution >= 0.6 is 0 Å². The van der Waals surface area contributed by atoms with Gasteiger partial charge in [-0.25, -0.2) is 9.50 Å². The Labute approximate surface area is 192 Å². The summed E-state index contributed by atoms with van der Waals surface area (Å²) in [4.78, 5) is 23.8. The summed E-state index contributed by atoms with van der Waals surface area (Å²) in [5, 5.41) is 21.8. The molecule has 1 amide bonds. The molecule has 172 valence electrons. The fourth-order valence-corrected chi connectivity index (χ4v) is 5.64. The van der Waals surface area contributed by atoms with Gasteiger partial charge in [-0.1, -0.05) is 18.9 Å². The zero-order valence-corrected chi connectivity index (χ0v) is 19.0. The topological polar surface area (TPSA) is 108 Å². The molecule has 0 radical (unpaired) electrons. The Morgan fingerprint density at radius 1 is 1.24 bits per heavy atom. The van der Waals surface area contributed by atoms with Gasteiger partial charge in [0.1, 0.15) is 0 Å². The van der Waals surface area contributed by atoms with Gasteiger partial charge in [0, 0.05) is 42.8 Å². The zero-order valence-electron chi connectivity index (χ0n) is 19.0. The van der Waals surface area contributed by atoms with Gasteiger partial charge in [0.25, 0.3) is 0 Å². The number of nitrogens with zero attached hydrogens (tertiary/aromatic N) is 5. The number of fused-ring (bicyclic) bond motifs is 3. The van der Waals surface area contributed by atoms with Crippen LogP contribution in [0.1, 0.15) is 51.5 Å². The van der Waals surface area contributed by atoms with E-state index in [2.05, 4.69) is 25.6 Å². The minimum absolute atomic E-state index is 0.00242. The van der Waals surface area contributed by atoms with Gasteiger partial charge in [-0.05, 0) is 50.8 Å². The van der Waals surface area contributed by atoms with E-state index in [1.54, 1.807) is 16.9 Å². The molecule has 3 N–H and O–H groups in total. The summed E-state index contributed by atoms with van der Waals surface area (Å²) in [6, 6.07) is 5.83. The van der Waals surface area contributed by atoms with E-state index >= 15 is 0 Å². The number of carbonyl (C=O) groups excluding carboxylic acids is 1. The maximum Gasteiger partial charge on any atom is 0.247 e. The lowest BCUT2D eigenvalue weighted by atomic mass is 9.71. The van der Waals surface area contributed by atoms with Crippen molar-refractivity contribution in [2.45, 2.75) is 57.0 Å². The molecule has 2 aromatic heterocycles. The Kier molecular flexibility index (Phi) is 4.42. The second kappa shape index (κ2) is 7.15. The minimum atomic E-state index is -0.533. The third-order valence-corrected chi connectivity index (χ3v) is 7.73. The average Bonchev–Trinajstić information content (AvgIpc) is 3.30. The number of benzene rings is 1. The number of aromatic nitrogens is 4. The molecule has 3 aromatic rings. The van der Waals surface area contributed by atoms with Gasteiger partial charge in [-0.15, -0.1) is 5.10 Å². The van der Waals surface area contributed by atoms with Crippen molar-refractivity contribution in [3.05, 3.63) is 36.2 Å². The standard InChI is InChI=1S/C24H29N7O2/c1-23(2)17-7-6-16(13-18(17)27-21(23)32)26-22-28-20-19(25-10-12-31(20)29-22)30-11-9-24(33)8-4-3-5-15(24)14-30/h6-7,10,12-13,15,33H,3-5,8-9,11,14H2,1-2H3,(H,26,29)(H,27,32)/t15-,24-/m0/s1. The van der Waals surface area contributed by atoms with Crippen molar-refractivity contribution in [2.24, 2.45) is 5.92 Å². The molecule has 1 aliphatic carbocycles. The SMILES string of the molecule is CC1(C)C(=O)Nc2cc(Nc3nc4c(N5CC[C@@]6(O)CCCC[C@H]6C5)nccn4n3)ccc21. The number of rotatable bonds is 3. The summed E-state index contributed by atoms with van der Waals surface area (Å²) >= 11 is 0. The van der Waals surface area contributed by atoms with E-state index < -0.39 is 11.0 Å². The van der Waals surface area contributed by atoms with Crippen molar-refractivity contribution in [3.63, 3.8) is 0 Å². The molecule has 0 spiro atoms. The van der Waals surface area contributed by atoms with Crippen LogP contribution in [0.2, 0.25) is 0 Å². The molecule has 33 heavy (non-hydrogen) atoms. The molecule has 0 unspecified atom stereocenters. The molecular formula is C24H29N7O2. The monoisotopic (exact) mass is 447 g/mol. The Morgan fingerprint density at radius 2 is 2.12 bits per heavy atom. The second-order valence-corrected chi connectivity index (χ2v) is 10.2. The van der Waals surface area contributed by atoms with Gasteiger partial charge in [-0.2, -0.15) is 4.98 Å². The first-order chi connectivity index (χ1) is 15.8. The molecule has 9 nitrogen and oxygen atoms in total. The van der Waals surface area contributed by atoms with Crippen LogP contribution in [0.25, 0.3) is 5.65 Å². The molecule has 9 heteroatoms. The first-order valence-electron chi connectivity index (χ1n) is 11.8. The van der Waals surface area contributed by atoms with Crippen molar-refractivity contribution in [1.29, 1.82) is 0 Å². The number of hydrogen-bond donors (Lipinski definition) is 3. The van der Waals surface area contributed by atoms with Crippen LogP contribution in [0.3, 0.4) is 0 Å². The van der Waals surface area contributed by atoms with Crippen molar-refractivity contribution >= 4 is 34.7 Å². The summed E-state index contributed by atoms with van der Waals surface area (Å²) in [5.74, 6) is 1.55. The Bertz CT molecular complexity index is 1250. The number of aliphatic hydroxyl groups is 1. The number of amides is 1. The number of piperidine rings is 1. The highest BCUT2D eigenvalue weighted by molar-refractivity contribution is 6.06.